The van der Waals surface area contributed by atoms with Crippen molar-refractivity contribution in [3.63, 3.8) is 0 Å². The second kappa shape index (κ2) is 16.0. The predicted molar refractivity (Wildman–Crippen MR) is 238 cm³/mol. The number of hydrogen-bond acceptors (Lipinski definition) is 3. The Kier molecular flexibility index (Phi) is 8.17. The molecule has 4 nitrogen and oxygen atoms in total. The molecule has 0 aliphatic carbocycles. The molecule has 2 heterocycles. The van der Waals surface area contributed by atoms with Crippen LogP contribution in [-0.2, 0) is 31.9 Å². The fraction of sp³-hybridized carbons (Fsp3) is 0.208. The minimum Gasteiger partial charge on any atom is -0.507 e. The maximum absolute atomic E-state index is 11.4. The van der Waals surface area contributed by atoms with E-state index < -0.39 is 31.9 Å². The van der Waals surface area contributed by atoms with E-state index in [1.807, 2.05) is 98.8 Å². The molecule has 0 atom stereocenters. The van der Waals surface area contributed by atoms with E-state index in [4.69, 9.17) is 23.7 Å². The molecule has 0 fully saturated rings. The number of fused-ring (bicyclic) bond motifs is 1. The molecule has 0 spiro atoms. The summed E-state index contributed by atoms with van der Waals surface area (Å²) in [5.74, 6) is -0.271. The van der Waals surface area contributed by atoms with E-state index >= 15 is 0 Å². The van der Waals surface area contributed by atoms with Gasteiger partial charge in [0.15, 0.2) is 0 Å². The zero-order chi connectivity index (χ0) is 48.5. The molecule has 6 aromatic carbocycles. The number of para-hydroxylation sites is 2. The minimum atomic E-state index is -3.37. The van der Waals surface area contributed by atoms with Crippen LogP contribution in [0.4, 0.5) is 0 Å². The monoisotopic (exact) mass is 949 g/mol. The molecule has 0 saturated heterocycles. The van der Waals surface area contributed by atoms with Gasteiger partial charge in [0.25, 0.3) is 0 Å². The van der Waals surface area contributed by atoms with E-state index in [2.05, 4.69) is 43.5 Å². The molecule has 0 aliphatic rings. The molecule has 0 saturated carbocycles. The van der Waals surface area contributed by atoms with Crippen molar-refractivity contribution in [2.24, 2.45) is 0 Å². The van der Waals surface area contributed by atoms with Gasteiger partial charge in [-0.1, -0.05) is 157 Å². The van der Waals surface area contributed by atoms with E-state index in [1.165, 1.54) is 24.3 Å². The number of rotatable bonds is 7. The molecular weight excluding hydrogens is 890 g/mol. The van der Waals surface area contributed by atoms with E-state index in [9.17, 15) is 5.11 Å². The van der Waals surface area contributed by atoms with E-state index in [1.54, 1.807) is 24.4 Å². The summed E-state index contributed by atoms with van der Waals surface area (Å²) < 4.78 is 84.4. The van der Waals surface area contributed by atoms with Crippen molar-refractivity contribution in [3.05, 3.63) is 168 Å². The maximum Gasteiger partial charge on any atom is 0.148 e. The molecular formula is C53H50N3OPt-. The van der Waals surface area contributed by atoms with Gasteiger partial charge in [0.2, 0.25) is 0 Å². The average molecular weight is 950 g/mol. The first-order valence-electron chi connectivity index (χ1n) is 24.0. The van der Waals surface area contributed by atoms with E-state index in [-0.39, 0.29) is 37.8 Å². The van der Waals surface area contributed by atoms with Gasteiger partial charge in [-0.05, 0) is 80.9 Å². The van der Waals surface area contributed by atoms with Crippen molar-refractivity contribution in [2.45, 2.75) is 71.9 Å². The van der Waals surface area contributed by atoms with E-state index in [0.717, 1.165) is 44.6 Å². The van der Waals surface area contributed by atoms with E-state index in [0.29, 0.717) is 39.3 Å². The van der Waals surface area contributed by atoms with Crippen LogP contribution in [0.2, 0.25) is 0 Å². The number of aromatic nitrogens is 3. The van der Waals surface area contributed by atoms with Gasteiger partial charge in [-0.3, -0.25) is 9.55 Å². The molecule has 0 aliphatic heterocycles. The standard InChI is InChI=1S/C53H50N3O.Pt/c1-34(2)37-23-26-47(45(32-37)36-15-10-9-11-16-36)56-48-19-14-18-43(50(48)55-51(56)44-17-12-13-20-49(44)57)39-29-40(31-42(30-39)53(6,7)8)46-33-38(27-28-54-46)35-21-24-41(25-22-35)52(3,4)5;/h9-28,30-34,57H,1-8H3;/q-1;/i3D3,4D3,5D3,34D;. The quantitative estimate of drug-likeness (QED) is 0.162. The summed E-state index contributed by atoms with van der Waals surface area (Å²) in [6.07, 6.45) is 1.64. The van der Waals surface area contributed by atoms with Crippen molar-refractivity contribution in [3.8, 4) is 67.5 Å². The second-order valence-electron chi connectivity index (χ2n) is 15.8. The molecule has 0 radical (unpaired) electrons. The molecule has 8 rings (SSSR count). The largest absolute Gasteiger partial charge is 0.507 e. The van der Waals surface area contributed by atoms with Gasteiger partial charge < -0.3 is 5.11 Å². The number of phenolic OH excluding ortho intramolecular Hbond substituents is 1. The Morgan fingerprint density at radius 3 is 2.07 bits per heavy atom. The third-order valence-electron chi connectivity index (χ3n) is 10.4. The number of hydrogen-bond donors (Lipinski definition) is 1. The molecule has 0 bridgehead atoms. The number of aromatic hydroxyl groups is 1. The average Bonchev–Trinajstić information content (AvgIpc) is 3.64. The van der Waals surface area contributed by atoms with Crippen molar-refractivity contribution >= 4 is 11.0 Å². The Morgan fingerprint density at radius 1 is 0.655 bits per heavy atom. The van der Waals surface area contributed by atoms with Crippen LogP contribution < -0.4 is 0 Å². The molecule has 0 amide bonds. The molecule has 8 aromatic rings. The first kappa shape index (κ1) is 29.6. The number of nitrogens with zero attached hydrogens (tertiary/aromatic N) is 3. The topological polar surface area (TPSA) is 50.9 Å². The number of imidazole rings is 1. The summed E-state index contributed by atoms with van der Waals surface area (Å²) in [5, 5.41) is 11.4. The van der Waals surface area contributed by atoms with Gasteiger partial charge in [-0.15, -0.1) is 29.3 Å². The van der Waals surface area contributed by atoms with Crippen LogP contribution in [0, 0.1) is 6.07 Å². The second-order valence-corrected chi connectivity index (χ2v) is 15.8. The Labute approximate surface area is 372 Å². The summed E-state index contributed by atoms with van der Waals surface area (Å²) in [4.78, 5) is 10.1. The molecule has 0 unspecified atom stereocenters. The first-order chi connectivity index (χ1) is 31.3. The number of benzene rings is 6. The van der Waals surface area contributed by atoms with Gasteiger partial charge in [-0.2, -0.15) is 0 Å². The van der Waals surface area contributed by atoms with Crippen molar-refractivity contribution in [2.75, 3.05) is 0 Å². The van der Waals surface area contributed by atoms with Gasteiger partial charge in [0, 0.05) is 52.2 Å². The summed E-state index contributed by atoms with van der Waals surface area (Å²) in [6, 6.07) is 46.3. The summed E-state index contributed by atoms with van der Waals surface area (Å²) in [7, 11) is 0. The summed E-state index contributed by atoms with van der Waals surface area (Å²) in [6.45, 7) is -0.0122. The molecule has 1 N–H and O–H groups in total. The van der Waals surface area contributed by atoms with Crippen LogP contribution in [0.1, 0.15) is 91.5 Å². The Hall–Kier alpha value is -5.57. The number of phenols is 1. The summed E-state index contributed by atoms with van der Waals surface area (Å²) in [5.41, 5.74) is 6.83. The van der Waals surface area contributed by atoms with Crippen LogP contribution in [0.25, 0.3) is 72.7 Å². The fourth-order valence-corrected chi connectivity index (χ4v) is 7.25. The maximum atomic E-state index is 11.4. The van der Waals surface area contributed by atoms with Gasteiger partial charge in [0.1, 0.15) is 11.6 Å². The molecule has 5 heteroatoms. The Balaban J connectivity index is 0.00000684. The van der Waals surface area contributed by atoms with Crippen LogP contribution >= 0.6 is 0 Å². The minimum absolute atomic E-state index is 0. The first-order valence-corrected chi connectivity index (χ1v) is 19.0. The van der Waals surface area contributed by atoms with Crippen LogP contribution in [0.5, 0.6) is 5.75 Å². The van der Waals surface area contributed by atoms with Gasteiger partial charge in [-0.25, -0.2) is 4.98 Å². The fourth-order valence-electron chi connectivity index (χ4n) is 7.25. The molecule has 294 valence electrons. The smallest absolute Gasteiger partial charge is 0.148 e. The van der Waals surface area contributed by atoms with Crippen LogP contribution in [0.15, 0.2) is 146 Å². The third kappa shape index (κ3) is 7.96. The third-order valence-corrected chi connectivity index (χ3v) is 10.4. The van der Waals surface area contributed by atoms with Crippen molar-refractivity contribution < 1.29 is 39.9 Å². The SMILES string of the molecule is [2H]C(C)(C)c1ccc(-n2c(-c3ccccc3O)nc3c(-c4[c-]c(-c5cc(-c6ccc(C(C([2H])([2H])[2H])(C([2H])([2H])[2H])C([2H])([2H])[2H])cc6)ccn5)cc(C(C)(C)C)c4)cccc32)c(-c2ccccc2)c1.[Pt]. The van der Waals surface area contributed by atoms with Gasteiger partial charge >= 0.3 is 0 Å². The Bertz CT molecular complexity index is 3090. The Morgan fingerprint density at radius 2 is 1.36 bits per heavy atom. The zero-order valence-corrected chi connectivity index (χ0v) is 35.2. The normalized spacial score (nSPS) is 15.3. The molecule has 58 heavy (non-hydrogen) atoms. The number of pyridine rings is 1. The zero-order valence-electron chi connectivity index (χ0n) is 43.0. The van der Waals surface area contributed by atoms with Crippen LogP contribution in [0.3, 0.4) is 0 Å². The van der Waals surface area contributed by atoms with Gasteiger partial charge in [0.05, 0.1) is 22.3 Å². The molecule has 2 aromatic heterocycles. The predicted octanol–water partition coefficient (Wildman–Crippen LogP) is 14.0. The van der Waals surface area contributed by atoms with Crippen molar-refractivity contribution in [1.82, 2.24) is 14.5 Å². The van der Waals surface area contributed by atoms with Crippen LogP contribution in [-0.4, -0.2) is 19.6 Å². The summed E-state index contributed by atoms with van der Waals surface area (Å²) >= 11 is 0. The van der Waals surface area contributed by atoms with Crippen molar-refractivity contribution in [1.29, 1.82) is 0 Å².